The van der Waals surface area contributed by atoms with Crippen molar-refractivity contribution in [2.75, 3.05) is 31.4 Å². The minimum Gasteiger partial charge on any atom is -0.390 e. The van der Waals surface area contributed by atoms with Crippen molar-refractivity contribution in [3.63, 3.8) is 0 Å². The van der Waals surface area contributed by atoms with Crippen molar-refractivity contribution in [1.82, 2.24) is 4.90 Å². The zero-order valence-corrected chi connectivity index (χ0v) is 10.5. The van der Waals surface area contributed by atoms with Gasteiger partial charge in [0.15, 0.2) is 0 Å². The molecular formula is C7H17Cl2NO3Si. The number of nitrogens with zero attached hydrogens (tertiary/aromatic N) is 1. The Balaban J connectivity index is 3.60. The van der Waals surface area contributed by atoms with Gasteiger partial charge < -0.3 is 19.3 Å². The third-order valence-corrected chi connectivity index (χ3v) is 3.15. The van der Waals surface area contributed by atoms with Crippen molar-refractivity contribution in [1.29, 1.82) is 0 Å². The molecular weight excluding hydrogens is 245 g/mol. The smallest absolute Gasteiger partial charge is 0.390 e. The van der Waals surface area contributed by atoms with Gasteiger partial charge in [-0.2, -0.15) is 0 Å². The molecule has 0 amide bonds. The van der Waals surface area contributed by atoms with Gasteiger partial charge in [-0.15, -0.1) is 23.2 Å². The molecule has 0 saturated carbocycles. The first-order valence-electron chi connectivity index (χ1n) is 4.51. The molecule has 0 rings (SSSR count). The van der Waals surface area contributed by atoms with Gasteiger partial charge in [0.2, 0.25) is 0 Å². The zero-order chi connectivity index (χ0) is 11.0. The molecule has 0 aliphatic rings. The van der Waals surface area contributed by atoms with E-state index in [9.17, 15) is 0 Å². The van der Waals surface area contributed by atoms with Crippen LogP contribution in [-0.4, -0.2) is 59.5 Å². The van der Waals surface area contributed by atoms with E-state index in [1.165, 1.54) is 0 Å². The molecule has 0 spiro atoms. The Kier molecular flexibility index (Phi) is 8.23. The fraction of sp³-hybridized carbons (Fsp3) is 1.00. The third kappa shape index (κ3) is 9.20. The molecule has 0 radical (unpaired) electrons. The summed E-state index contributed by atoms with van der Waals surface area (Å²) in [5.41, 5.74) is 0. The molecule has 0 aliphatic heterocycles. The standard InChI is InChI=1S/C7H17Cl2NO3Si/c8-2-5-10(6-3-9)4-1-7-14(11,12)13/h11-13H,1-7H2. The number of hydrogen-bond donors (Lipinski definition) is 3. The topological polar surface area (TPSA) is 63.9 Å². The minimum absolute atomic E-state index is 0.0636. The van der Waals surface area contributed by atoms with Gasteiger partial charge in [-0.3, -0.25) is 0 Å². The average Bonchev–Trinajstić information content (AvgIpc) is 2.02. The monoisotopic (exact) mass is 261 g/mol. The summed E-state index contributed by atoms with van der Waals surface area (Å²) in [6.45, 7) is 2.13. The van der Waals surface area contributed by atoms with Gasteiger partial charge in [-0.1, -0.05) is 0 Å². The molecule has 0 unspecified atom stereocenters. The molecule has 0 aliphatic carbocycles. The van der Waals surface area contributed by atoms with Crippen LogP contribution in [0.25, 0.3) is 0 Å². The first-order chi connectivity index (χ1) is 6.49. The number of halogens is 2. The maximum Gasteiger partial charge on any atom is 0.492 e. The number of alkyl halides is 2. The second-order valence-electron chi connectivity index (χ2n) is 3.10. The Labute approximate surface area is 95.4 Å². The third-order valence-electron chi connectivity index (χ3n) is 1.79. The fourth-order valence-corrected chi connectivity index (χ4v) is 2.22. The normalized spacial score (nSPS) is 12.4. The van der Waals surface area contributed by atoms with Crippen LogP contribution in [0.1, 0.15) is 6.42 Å². The molecule has 0 aromatic carbocycles. The molecule has 0 aromatic rings. The van der Waals surface area contributed by atoms with Crippen LogP contribution in [-0.2, 0) is 0 Å². The quantitative estimate of drug-likeness (QED) is 0.428. The lowest BCUT2D eigenvalue weighted by molar-refractivity contribution is 0.220. The van der Waals surface area contributed by atoms with Crippen molar-refractivity contribution in [3.05, 3.63) is 0 Å². The first-order valence-corrected chi connectivity index (χ1v) is 7.63. The van der Waals surface area contributed by atoms with Crippen LogP contribution in [0, 0.1) is 0 Å². The van der Waals surface area contributed by atoms with E-state index in [4.69, 9.17) is 37.6 Å². The lowest BCUT2D eigenvalue weighted by Gasteiger charge is -2.20. The lowest BCUT2D eigenvalue weighted by atomic mass is 10.4. The van der Waals surface area contributed by atoms with Gasteiger partial charge in [0.05, 0.1) is 0 Å². The van der Waals surface area contributed by atoms with Gasteiger partial charge in [0, 0.05) is 30.9 Å². The highest BCUT2D eigenvalue weighted by Gasteiger charge is 2.25. The average molecular weight is 262 g/mol. The summed E-state index contributed by atoms with van der Waals surface area (Å²) in [6, 6.07) is 0.0636. The zero-order valence-electron chi connectivity index (χ0n) is 7.99. The molecule has 0 aromatic heterocycles. The van der Waals surface area contributed by atoms with E-state index in [1.807, 2.05) is 4.90 Å². The van der Waals surface area contributed by atoms with Gasteiger partial charge in [-0.05, 0) is 13.0 Å². The van der Waals surface area contributed by atoms with Crippen LogP contribution < -0.4 is 0 Å². The van der Waals surface area contributed by atoms with Crippen LogP contribution >= 0.6 is 23.2 Å². The van der Waals surface area contributed by atoms with Crippen LogP contribution in [0.15, 0.2) is 0 Å². The summed E-state index contributed by atoms with van der Waals surface area (Å²) < 4.78 is 0. The van der Waals surface area contributed by atoms with Crippen molar-refractivity contribution in [2.45, 2.75) is 12.5 Å². The first kappa shape index (κ1) is 14.6. The molecule has 0 fully saturated rings. The second-order valence-corrected chi connectivity index (χ2v) is 5.90. The van der Waals surface area contributed by atoms with Gasteiger partial charge in [0.25, 0.3) is 0 Å². The van der Waals surface area contributed by atoms with Gasteiger partial charge >= 0.3 is 8.80 Å². The maximum atomic E-state index is 8.77. The van der Waals surface area contributed by atoms with Crippen LogP contribution in [0.5, 0.6) is 0 Å². The van der Waals surface area contributed by atoms with Crippen molar-refractivity contribution in [3.8, 4) is 0 Å². The molecule has 0 saturated heterocycles. The summed E-state index contributed by atoms with van der Waals surface area (Å²) >= 11 is 11.2. The molecule has 0 bridgehead atoms. The highest BCUT2D eigenvalue weighted by atomic mass is 35.5. The minimum atomic E-state index is -3.86. The van der Waals surface area contributed by atoms with Gasteiger partial charge in [-0.25, -0.2) is 0 Å². The van der Waals surface area contributed by atoms with Crippen LogP contribution in [0.2, 0.25) is 6.04 Å². The summed E-state index contributed by atoms with van der Waals surface area (Å²) in [6.07, 6.45) is 0.545. The predicted octanol–water partition coefficient (Wildman–Crippen LogP) is 0.0719. The molecule has 4 nitrogen and oxygen atoms in total. The van der Waals surface area contributed by atoms with E-state index in [0.29, 0.717) is 24.7 Å². The second kappa shape index (κ2) is 7.87. The Hall–Kier alpha value is 0.637. The SMILES string of the molecule is O[Si](O)(O)CCCN(CCCl)CCCl. The number of hydrogen-bond acceptors (Lipinski definition) is 4. The van der Waals surface area contributed by atoms with E-state index in [2.05, 4.69) is 0 Å². The molecule has 0 heterocycles. The van der Waals surface area contributed by atoms with E-state index in [0.717, 1.165) is 13.1 Å². The van der Waals surface area contributed by atoms with Gasteiger partial charge in [0.1, 0.15) is 0 Å². The van der Waals surface area contributed by atoms with Crippen molar-refractivity contribution in [2.24, 2.45) is 0 Å². The molecule has 7 heteroatoms. The lowest BCUT2D eigenvalue weighted by Crippen LogP contribution is -2.36. The van der Waals surface area contributed by atoms with E-state index in [1.54, 1.807) is 0 Å². The number of rotatable bonds is 8. The van der Waals surface area contributed by atoms with Crippen molar-refractivity contribution >= 4 is 32.0 Å². The Morgan fingerprint density at radius 1 is 0.929 bits per heavy atom. The maximum absolute atomic E-state index is 8.77. The Morgan fingerprint density at radius 2 is 1.43 bits per heavy atom. The van der Waals surface area contributed by atoms with E-state index < -0.39 is 8.80 Å². The molecule has 3 N–H and O–H groups in total. The largest absolute Gasteiger partial charge is 0.492 e. The van der Waals surface area contributed by atoms with E-state index in [-0.39, 0.29) is 6.04 Å². The van der Waals surface area contributed by atoms with Crippen molar-refractivity contribution < 1.29 is 14.4 Å². The summed E-state index contributed by atoms with van der Waals surface area (Å²) in [7, 11) is -3.86. The Bertz CT molecular complexity index is 139. The summed E-state index contributed by atoms with van der Waals surface area (Å²) in [5, 5.41) is 0. The fourth-order valence-electron chi connectivity index (χ4n) is 1.11. The molecule has 86 valence electrons. The van der Waals surface area contributed by atoms with Crippen LogP contribution in [0.3, 0.4) is 0 Å². The molecule has 14 heavy (non-hydrogen) atoms. The summed E-state index contributed by atoms with van der Waals surface area (Å²) in [4.78, 5) is 28.3. The highest BCUT2D eigenvalue weighted by molar-refractivity contribution is 6.56. The Morgan fingerprint density at radius 3 is 1.79 bits per heavy atom. The molecule has 0 atom stereocenters. The van der Waals surface area contributed by atoms with Crippen LogP contribution in [0.4, 0.5) is 0 Å². The summed E-state index contributed by atoms with van der Waals surface area (Å²) in [5.74, 6) is 1.05. The highest BCUT2D eigenvalue weighted by Crippen LogP contribution is 2.03. The predicted molar refractivity (Wildman–Crippen MR) is 59.7 cm³/mol. The van der Waals surface area contributed by atoms with E-state index >= 15 is 0 Å².